The molecule has 1 atom stereocenters. The summed E-state index contributed by atoms with van der Waals surface area (Å²) in [4.78, 5) is 51.9. The Labute approximate surface area is 415 Å². The van der Waals surface area contributed by atoms with Gasteiger partial charge in [-0.05, 0) is 134 Å². The number of fused-ring (bicyclic) bond motifs is 2. The first-order valence-electron chi connectivity index (χ1n) is 23.8. The third-order valence-corrected chi connectivity index (χ3v) is 14.2. The van der Waals surface area contributed by atoms with Gasteiger partial charge in [0.05, 0.1) is 33.3 Å². The van der Waals surface area contributed by atoms with E-state index < -0.39 is 33.4 Å². The van der Waals surface area contributed by atoms with Gasteiger partial charge in [-0.25, -0.2) is 37.0 Å². The average Bonchev–Trinajstić information content (AvgIpc) is 4.07. The van der Waals surface area contributed by atoms with Crippen molar-refractivity contribution in [1.82, 2.24) is 49.4 Å². The van der Waals surface area contributed by atoms with Crippen LogP contribution in [0.5, 0.6) is 5.75 Å². The van der Waals surface area contributed by atoms with Crippen LogP contribution in [0, 0.1) is 5.82 Å². The van der Waals surface area contributed by atoms with Crippen molar-refractivity contribution in [2.24, 2.45) is 7.05 Å². The number of likely N-dealkylation sites (tertiary alicyclic amines) is 1. The Morgan fingerprint density at radius 3 is 2.46 bits per heavy atom. The van der Waals surface area contributed by atoms with Crippen molar-refractivity contribution in [3.8, 4) is 17.0 Å². The van der Waals surface area contributed by atoms with E-state index in [2.05, 4.69) is 47.6 Å². The van der Waals surface area contributed by atoms with E-state index in [1.807, 2.05) is 46.9 Å². The third-order valence-electron chi connectivity index (χ3n) is 12.4. The highest BCUT2D eigenvalue weighted by Crippen LogP contribution is 2.38. The number of carbonyl (C=O) groups is 3. The summed E-state index contributed by atoms with van der Waals surface area (Å²) in [6.07, 6.45) is 5.02. The van der Waals surface area contributed by atoms with Gasteiger partial charge in [-0.1, -0.05) is 18.2 Å². The summed E-state index contributed by atoms with van der Waals surface area (Å²) in [6, 6.07) is 15.6. The molecule has 4 amide bonds. The molecule has 2 fully saturated rings. The van der Waals surface area contributed by atoms with Gasteiger partial charge in [0, 0.05) is 50.3 Å². The van der Waals surface area contributed by atoms with Crippen molar-refractivity contribution in [3.05, 3.63) is 96.3 Å². The minimum absolute atomic E-state index is 0.00980. The number of nitrogens with one attached hydrogen (secondary N) is 1. The quantitative estimate of drug-likeness (QED) is 0.109. The fourth-order valence-electron chi connectivity index (χ4n) is 8.98. The number of piperidine rings is 1. The van der Waals surface area contributed by atoms with Crippen LogP contribution < -0.4 is 19.9 Å². The average molecular weight is 1010 g/mol. The Hall–Kier alpha value is -7.30. The molecule has 3 aromatic carbocycles. The highest BCUT2D eigenvalue weighted by Gasteiger charge is 2.34. The Balaban J connectivity index is 0.931. The van der Waals surface area contributed by atoms with Crippen LogP contribution in [0.25, 0.3) is 27.8 Å². The lowest BCUT2D eigenvalue weighted by atomic mass is 9.89. The molecule has 7 aromatic rings. The molecular formula is C50H57FN12O8S. The van der Waals surface area contributed by atoms with Crippen LogP contribution in [-0.4, -0.2) is 108 Å². The van der Waals surface area contributed by atoms with Crippen molar-refractivity contribution < 1.29 is 41.4 Å². The maximum atomic E-state index is 16.6. The lowest BCUT2D eigenvalue weighted by Crippen LogP contribution is -2.49. The molecule has 20 nitrogen and oxygen atoms in total. The third kappa shape index (κ3) is 10.1. The highest BCUT2D eigenvalue weighted by molar-refractivity contribution is 7.91. The fourth-order valence-corrected chi connectivity index (χ4v) is 10.3. The molecule has 1 unspecified atom stereocenters. The molecule has 72 heavy (non-hydrogen) atoms. The van der Waals surface area contributed by atoms with Gasteiger partial charge in [0.1, 0.15) is 29.7 Å². The van der Waals surface area contributed by atoms with Gasteiger partial charge in [-0.3, -0.25) is 24.6 Å². The lowest BCUT2D eigenvalue weighted by molar-refractivity contribution is -0.120. The zero-order valence-corrected chi connectivity index (χ0v) is 42.2. The first-order chi connectivity index (χ1) is 34.3. The van der Waals surface area contributed by atoms with E-state index in [4.69, 9.17) is 14.2 Å². The number of anilines is 3. The number of hydrogen-bond acceptors (Lipinski definition) is 14. The summed E-state index contributed by atoms with van der Waals surface area (Å²) in [7, 11) is -2.41. The lowest BCUT2D eigenvalue weighted by Gasteiger charge is -2.32. The molecule has 2 saturated heterocycles. The number of urea groups is 1. The predicted octanol–water partition coefficient (Wildman–Crippen LogP) is 8.09. The van der Waals surface area contributed by atoms with E-state index in [-0.39, 0.29) is 69.9 Å². The van der Waals surface area contributed by atoms with Crippen LogP contribution >= 0.6 is 0 Å². The predicted molar refractivity (Wildman–Crippen MR) is 264 cm³/mol. The number of aromatic nitrogens is 8. The first-order valence-corrected chi connectivity index (χ1v) is 25.3. The van der Waals surface area contributed by atoms with Crippen LogP contribution in [-0.2, 0) is 37.7 Å². The van der Waals surface area contributed by atoms with Gasteiger partial charge in [-0.2, -0.15) is 19.7 Å². The van der Waals surface area contributed by atoms with E-state index in [9.17, 15) is 22.8 Å². The van der Waals surface area contributed by atoms with Gasteiger partial charge in [0.25, 0.3) is 5.95 Å². The van der Waals surface area contributed by atoms with E-state index >= 15 is 4.39 Å². The van der Waals surface area contributed by atoms with Gasteiger partial charge in [0.15, 0.2) is 11.6 Å². The number of benzene rings is 3. The number of rotatable bonds is 14. The summed E-state index contributed by atoms with van der Waals surface area (Å²) in [6.45, 7) is 15.2. The molecule has 22 heteroatoms. The van der Waals surface area contributed by atoms with Crippen LogP contribution in [0.15, 0.2) is 89.2 Å². The number of ether oxygens (including phenoxy) is 3. The summed E-state index contributed by atoms with van der Waals surface area (Å²) in [5, 5.41) is 16.8. The molecule has 2 aliphatic rings. The fraction of sp³-hybridized carbons (Fsp3) is 0.400. The largest absolute Gasteiger partial charge is 0.485 e. The maximum absolute atomic E-state index is 16.6. The van der Waals surface area contributed by atoms with Gasteiger partial charge >= 0.3 is 12.1 Å². The number of halogens is 1. The van der Waals surface area contributed by atoms with E-state index in [1.54, 1.807) is 54.7 Å². The van der Waals surface area contributed by atoms with Crippen LogP contribution in [0.4, 0.5) is 31.4 Å². The number of sulfone groups is 1. The van der Waals surface area contributed by atoms with E-state index in [0.29, 0.717) is 30.2 Å². The number of amides is 4. The van der Waals surface area contributed by atoms with Crippen LogP contribution in [0.1, 0.15) is 91.0 Å². The second-order valence-corrected chi connectivity index (χ2v) is 21.1. The SMILES string of the molecule is CCOC(C)n1cc(-c2ncn3nc(N(C(=O)OC(C)(C)C)c4ccc(S(=O)(=O)c5cccc(CN6CCC(c7ccc8c(N9CCC(=O)NC9=O)nn(C)c8c7)CC6)c5)cc4F)nc3c2OC(C)C)cn1. The molecule has 6 heterocycles. The van der Waals surface area contributed by atoms with Crippen molar-refractivity contribution >= 4 is 61.9 Å². The van der Waals surface area contributed by atoms with Crippen molar-refractivity contribution in [2.75, 3.05) is 36.0 Å². The Morgan fingerprint density at radius 1 is 0.986 bits per heavy atom. The molecule has 0 bridgehead atoms. The second-order valence-electron chi connectivity index (χ2n) is 19.1. The zero-order valence-electron chi connectivity index (χ0n) is 41.4. The van der Waals surface area contributed by atoms with Gasteiger partial charge < -0.3 is 14.2 Å². The Morgan fingerprint density at radius 2 is 1.75 bits per heavy atom. The van der Waals surface area contributed by atoms with Crippen molar-refractivity contribution in [3.63, 3.8) is 0 Å². The van der Waals surface area contributed by atoms with Crippen LogP contribution in [0.2, 0.25) is 0 Å². The molecule has 4 aromatic heterocycles. The van der Waals surface area contributed by atoms with Crippen molar-refractivity contribution in [2.45, 2.75) is 108 Å². The molecule has 378 valence electrons. The van der Waals surface area contributed by atoms with E-state index in [1.165, 1.54) is 33.9 Å². The minimum atomic E-state index is -4.25. The standard InChI is InChI=1S/C50H57FN12O8S/c1-9-69-31(4)61-28-35(26-53-61)43-44(70-30(2)3)46-55-47(57-62(46)29-52-43)63(49(66)71-50(5,6)7)40-16-14-37(25-39(40)51)72(67,68)36-12-10-11-32(23-36)27-59-20-17-33(18-21-59)34-13-15-38-41(24-34)58(8)56-45(38)60-22-19-42(64)54-48(60)65/h10-16,23-26,28-31,33H,9,17-22,27H2,1-8H3,(H,54,64,65). The highest BCUT2D eigenvalue weighted by atomic mass is 32.2. The summed E-state index contributed by atoms with van der Waals surface area (Å²) >= 11 is 0. The number of nitrogens with zero attached hydrogens (tertiary/aromatic N) is 11. The summed E-state index contributed by atoms with van der Waals surface area (Å²) in [5.74, 6) is -0.599. The van der Waals surface area contributed by atoms with E-state index in [0.717, 1.165) is 58.9 Å². The molecule has 9 rings (SSSR count). The number of carbonyl (C=O) groups excluding carboxylic acids is 3. The van der Waals surface area contributed by atoms with Crippen molar-refractivity contribution in [1.29, 1.82) is 0 Å². The minimum Gasteiger partial charge on any atom is -0.485 e. The summed E-state index contributed by atoms with van der Waals surface area (Å²) < 4.78 is 67.4. The van der Waals surface area contributed by atoms with Gasteiger partial charge in [0.2, 0.25) is 21.4 Å². The Bertz CT molecular complexity index is 3320. The first kappa shape index (κ1) is 49.7. The molecule has 1 N–H and O–H groups in total. The topological polar surface area (TPSA) is 214 Å². The van der Waals surface area contributed by atoms with Gasteiger partial charge in [-0.15, -0.1) is 5.10 Å². The molecule has 0 radical (unpaired) electrons. The number of aryl methyl sites for hydroxylation is 1. The molecule has 0 spiro atoms. The Kier molecular flexibility index (Phi) is 13.6. The molecule has 2 aliphatic heterocycles. The zero-order chi connectivity index (χ0) is 51.2. The molecule has 0 saturated carbocycles. The monoisotopic (exact) mass is 1000 g/mol. The summed E-state index contributed by atoms with van der Waals surface area (Å²) in [5.41, 5.74) is 2.62. The maximum Gasteiger partial charge on any atom is 0.422 e. The second kappa shape index (κ2) is 19.7. The molecular weight excluding hydrogens is 948 g/mol. The normalized spacial score (nSPS) is 15.7. The smallest absolute Gasteiger partial charge is 0.422 e. The molecule has 0 aliphatic carbocycles. The number of hydrogen-bond donors (Lipinski definition) is 1. The number of imide groups is 1. The van der Waals surface area contributed by atoms with Crippen LogP contribution in [0.3, 0.4) is 0 Å².